The van der Waals surface area contributed by atoms with E-state index in [1.54, 1.807) is 12.1 Å². The molecule has 0 aliphatic heterocycles. The van der Waals surface area contributed by atoms with Crippen LogP contribution in [0.4, 0.5) is 13.2 Å². The molecule has 0 aliphatic carbocycles. The fraction of sp³-hybridized carbons (Fsp3) is 0.235. The highest BCUT2D eigenvalue weighted by Gasteiger charge is 2.44. The van der Waals surface area contributed by atoms with Gasteiger partial charge >= 0.3 is 12.1 Å². The summed E-state index contributed by atoms with van der Waals surface area (Å²) >= 11 is 0. The molecule has 0 amide bonds. The number of rotatable bonds is 4. The monoisotopic (exact) mass is 308 g/mol. The van der Waals surface area contributed by atoms with E-state index >= 15 is 0 Å². The smallest absolute Gasteiger partial charge is 0.392 e. The van der Waals surface area contributed by atoms with Crippen LogP contribution in [0, 0.1) is 5.92 Å². The van der Waals surface area contributed by atoms with Crippen LogP contribution in [0.3, 0.4) is 0 Å². The lowest BCUT2D eigenvalue weighted by molar-refractivity contribution is -0.183. The fourth-order valence-electron chi connectivity index (χ4n) is 2.35. The zero-order valence-corrected chi connectivity index (χ0v) is 11.8. The summed E-state index contributed by atoms with van der Waals surface area (Å²) in [5, 5.41) is 9.15. The molecule has 2 rings (SSSR count). The third kappa shape index (κ3) is 3.47. The minimum Gasteiger partial charge on any atom is -0.481 e. The van der Waals surface area contributed by atoms with Crippen LogP contribution in [-0.4, -0.2) is 17.3 Å². The van der Waals surface area contributed by atoms with Crippen LogP contribution >= 0.6 is 0 Å². The molecule has 2 unspecified atom stereocenters. The normalized spacial score (nSPS) is 14.4. The van der Waals surface area contributed by atoms with Gasteiger partial charge in [-0.2, -0.15) is 13.2 Å². The lowest BCUT2D eigenvalue weighted by atomic mass is 9.86. The van der Waals surface area contributed by atoms with Crippen molar-refractivity contribution in [2.75, 3.05) is 0 Å². The number of carbonyl (C=O) groups is 1. The average Bonchev–Trinajstić information content (AvgIpc) is 2.48. The highest BCUT2D eigenvalue weighted by Crippen LogP contribution is 2.38. The predicted molar refractivity (Wildman–Crippen MR) is 77.5 cm³/mol. The van der Waals surface area contributed by atoms with Crippen LogP contribution in [0.2, 0.25) is 0 Å². The lowest BCUT2D eigenvalue weighted by Gasteiger charge is -2.23. The maximum Gasteiger partial charge on any atom is 0.392 e. The van der Waals surface area contributed by atoms with Gasteiger partial charge in [-0.15, -0.1) is 0 Å². The summed E-state index contributed by atoms with van der Waals surface area (Å²) in [6.07, 6.45) is -4.55. The molecule has 5 heteroatoms. The summed E-state index contributed by atoms with van der Waals surface area (Å²) in [5.74, 6) is -5.03. The van der Waals surface area contributed by atoms with Crippen molar-refractivity contribution >= 4 is 5.97 Å². The van der Waals surface area contributed by atoms with E-state index in [4.69, 9.17) is 5.11 Å². The topological polar surface area (TPSA) is 37.3 Å². The molecular weight excluding hydrogens is 293 g/mol. The van der Waals surface area contributed by atoms with E-state index in [1.165, 1.54) is 12.1 Å². The van der Waals surface area contributed by atoms with Crippen LogP contribution < -0.4 is 0 Å². The van der Waals surface area contributed by atoms with Crippen molar-refractivity contribution in [2.45, 2.75) is 19.0 Å². The molecule has 2 nitrogen and oxygen atoms in total. The van der Waals surface area contributed by atoms with Gasteiger partial charge in [0, 0.05) is 0 Å². The van der Waals surface area contributed by atoms with Crippen molar-refractivity contribution in [1.29, 1.82) is 0 Å². The number of hydrogen-bond donors (Lipinski definition) is 1. The Kier molecular flexibility index (Phi) is 4.54. The average molecular weight is 308 g/mol. The summed E-state index contributed by atoms with van der Waals surface area (Å²) < 4.78 is 38.5. The van der Waals surface area contributed by atoms with Crippen LogP contribution in [0.5, 0.6) is 0 Å². The maximum absolute atomic E-state index is 12.8. The summed E-state index contributed by atoms with van der Waals surface area (Å²) in [7, 11) is 0. The second-order valence-corrected chi connectivity index (χ2v) is 5.13. The van der Waals surface area contributed by atoms with Crippen LogP contribution in [0.15, 0.2) is 54.6 Å². The Balaban J connectivity index is 2.33. The van der Waals surface area contributed by atoms with Gasteiger partial charge in [0.1, 0.15) is 0 Å². The van der Waals surface area contributed by atoms with E-state index in [0.29, 0.717) is 0 Å². The molecule has 22 heavy (non-hydrogen) atoms. The summed E-state index contributed by atoms with van der Waals surface area (Å²) in [6.45, 7) is 0.893. The van der Waals surface area contributed by atoms with Crippen LogP contribution in [0.1, 0.15) is 18.4 Å². The summed E-state index contributed by atoms with van der Waals surface area (Å²) in [5.41, 5.74) is 1.90. The Morgan fingerprint density at radius 1 is 0.955 bits per heavy atom. The van der Waals surface area contributed by atoms with E-state index in [9.17, 15) is 18.0 Å². The molecule has 0 saturated carbocycles. The molecule has 0 spiro atoms. The van der Waals surface area contributed by atoms with Gasteiger partial charge in [0.25, 0.3) is 0 Å². The van der Waals surface area contributed by atoms with Crippen molar-refractivity contribution in [3.05, 3.63) is 60.2 Å². The zero-order chi connectivity index (χ0) is 16.3. The van der Waals surface area contributed by atoms with E-state index in [1.807, 2.05) is 30.3 Å². The first-order chi connectivity index (χ1) is 10.3. The van der Waals surface area contributed by atoms with E-state index in [2.05, 4.69) is 0 Å². The molecule has 0 radical (unpaired) electrons. The van der Waals surface area contributed by atoms with Gasteiger partial charge in [-0.3, -0.25) is 4.79 Å². The number of alkyl halides is 3. The molecule has 116 valence electrons. The van der Waals surface area contributed by atoms with Gasteiger partial charge in [-0.25, -0.2) is 0 Å². The van der Waals surface area contributed by atoms with Gasteiger partial charge in [-0.1, -0.05) is 61.5 Å². The van der Waals surface area contributed by atoms with Gasteiger partial charge in [-0.05, 0) is 16.7 Å². The maximum atomic E-state index is 12.8. The van der Waals surface area contributed by atoms with Crippen molar-refractivity contribution in [2.24, 2.45) is 5.92 Å². The van der Waals surface area contributed by atoms with Crippen molar-refractivity contribution in [3.8, 4) is 11.1 Å². The Morgan fingerprint density at radius 3 is 1.91 bits per heavy atom. The van der Waals surface area contributed by atoms with Gasteiger partial charge in [0.15, 0.2) is 0 Å². The van der Waals surface area contributed by atoms with Crippen LogP contribution in [-0.2, 0) is 4.79 Å². The fourth-order valence-corrected chi connectivity index (χ4v) is 2.35. The number of hydrogen-bond acceptors (Lipinski definition) is 1. The summed E-state index contributed by atoms with van der Waals surface area (Å²) in [4.78, 5) is 11.2. The van der Waals surface area contributed by atoms with Gasteiger partial charge in [0.2, 0.25) is 0 Å². The van der Waals surface area contributed by atoms with Crippen LogP contribution in [0.25, 0.3) is 11.1 Å². The predicted octanol–water partition coefficient (Wildman–Crippen LogP) is 4.72. The first-order valence-electron chi connectivity index (χ1n) is 6.75. The second kappa shape index (κ2) is 6.22. The Labute approximate surface area is 126 Å². The van der Waals surface area contributed by atoms with Gasteiger partial charge < -0.3 is 5.11 Å². The molecule has 0 heterocycles. The molecule has 0 aromatic heterocycles. The van der Waals surface area contributed by atoms with Gasteiger partial charge in [0.05, 0.1) is 11.8 Å². The summed E-state index contributed by atoms with van der Waals surface area (Å²) in [6, 6.07) is 15.5. The molecule has 0 fully saturated rings. The number of benzene rings is 2. The third-order valence-corrected chi connectivity index (χ3v) is 3.66. The molecule has 2 aromatic rings. The molecule has 2 atom stereocenters. The molecule has 2 aromatic carbocycles. The van der Waals surface area contributed by atoms with E-state index in [0.717, 1.165) is 18.1 Å². The number of carboxylic acids is 1. The Hall–Kier alpha value is -2.30. The van der Waals surface area contributed by atoms with Crippen molar-refractivity contribution in [3.63, 3.8) is 0 Å². The SMILES string of the molecule is CC(C(C(=O)O)c1ccc(-c2ccccc2)cc1)C(F)(F)F. The largest absolute Gasteiger partial charge is 0.481 e. The zero-order valence-electron chi connectivity index (χ0n) is 11.8. The third-order valence-electron chi connectivity index (χ3n) is 3.66. The quantitative estimate of drug-likeness (QED) is 0.887. The first kappa shape index (κ1) is 16.1. The highest BCUT2D eigenvalue weighted by atomic mass is 19.4. The van der Waals surface area contributed by atoms with E-state index < -0.39 is 24.0 Å². The number of halogens is 3. The molecule has 0 saturated heterocycles. The molecular formula is C17H15F3O2. The Morgan fingerprint density at radius 2 is 1.45 bits per heavy atom. The molecule has 1 N–H and O–H groups in total. The van der Waals surface area contributed by atoms with Crippen molar-refractivity contribution < 1.29 is 23.1 Å². The minimum atomic E-state index is -4.55. The highest BCUT2D eigenvalue weighted by molar-refractivity contribution is 5.77. The first-order valence-corrected chi connectivity index (χ1v) is 6.75. The molecule has 0 bridgehead atoms. The van der Waals surface area contributed by atoms with Crippen molar-refractivity contribution in [1.82, 2.24) is 0 Å². The number of aliphatic carboxylic acids is 1. The Bertz CT molecular complexity index is 633. The second-order valence-electron chi connectivity index (χ2n) is 5.13. The minimum absolute atomic E-state index is 0.150. The number of carboxylic acid groups (broad SMARTS) is 1. The lowest BCUT2D eigenvalue weighted by Crippen LogP contribution is -2.31. The van der Waals surface area contributed by atoms with E-state index in [-0.39, 0.29) is 5.56 Å². The molecule has 0 aliphatic rings. The standard InChI is InChI=1S/C17H15F3O2/c1-11(17(18,19)20)15(16(21)22)14-9-7-13(8-10-14)12-5-3-2-4-6-12/h2-11,15H,1H3,(H,21,22).